The maximum Gasteiger partial charge on any atom is 0.134 e. The molecule has 0 aliphatic heterocycles. The lowest BCUT2D eigenvalue weighted by atomic mass is 9.96. The molecule has 1 heterocycles. The number of aromatic nitrogens is 2. The van der Waals surface area contributed by atoms with Gasteiger partial charge in [-0.3, -0.25) is 4.68 Å². The van der Waals surface area contributed by atoms with Crippen LogP contribution in [0.15, 0.2) is 34.9 Å². The van der Waals surface area contributed by atoms with Crippen molar-refractivity contribution >= 4 is 15.9 Å². The van der Waals surface area contributed by atoms with Gasteiger partial charge in [-0.2, -0.15) is 5.10 Å². The second-order valence-electron chi connectivity index (χ2n) is 5.44. The summed E-state index contributed by atoms with van der Waals surface area (Å²) < 4.78 is 21.4. The van der Waals surface area contributed by atoms with Crippen LogP contribution in [-0.4, -0.2) is 9.78 Å². The molecule has 0 amide bonds. The van der Waals surface area contributed by atoms with Gasteiger partial charge in [0.25, 0.3) is 0 Å². The van der Waals surface area contributed by atoms with Gasteiger partial charge < -0.3 is 4.74 Å². The molecule has 1 aromatic carbocycles. The monoisotopic (exact) mass is 352 g/mol. The van der Waals surface area contributed by atoms with Gasteiger partial charge >= 0.3 is 0 Å². The standard InChI is InChI=1S/C16H18BrFN2O/c17-15-10-12(18)6-7-16(15)21-11-13-8-9-20(19-13)14-4-2-1-3-5-14/h6-10,14H,1-5,11H2. The van der Waals surface area contributed by atoms with E-state index in [0.29, 0.717) is 22.9 Å². The fourth-order valence-corrected chi connectivity index (χ4v) is 3.21. The Morgan fingerprint density at radius 2 is 2.05 bits per heavy atom. The van der Waals surface area contributed by atoms with Crippen LogP contribution in [0.3, 0.4) is 0 Å². The lowest BCUT2D eigenvalue weighted by Crippen LogP contribution is -2.13. The highest BCUT2D eigenvalue weighted by molar-refractivity contribution is 9.10. The van der Waals surface area contributed by atoms with Gasteiger partial charge in [-0.15, -0.1) is 0 Å². The van der Waals surface area contributed by atoms with E-state index in [0.717, 1.165) is 5.69 Å². The highest BCUT2D eigenvalue weighted by Crippen LogP contribution is 2.28. The average Bonchev–Trinajstić information content (AvgIpc) is 2.96. The number of halogens is 2. The number of nitrogens with zero attached hydrogens (tertiary/aromatic N) is 2. The summed E-state index contributed by atoms with van der Waals surface area (Å²) >= 11 is 3.30. The SMILES string of the molecule is Fc1ccc(OCc2ccn(C3CCCCC3)n2)c(Br)c1. The quantitative estimate of drug-likeness (QED) is 0.784. The smallest absolute Gasteiger partial charge is 0.134 e. The Hall–Kier alpha value is -1.36. The van der Waals surface area contributed by atoms with E-state index in [1.54, 1.807) is 6.07 Å². The molecule has 0 N–H and O–H groups in total. The highest BCUT2D eigenvalue weighted by atomic mass is 79.9. The molecule has 0 atom stereocenters. The topological polar surface area (TPSA) is 27.1 Å². The van der Waals surface area contributed by atoms with Crippen LogP contribution in [0.4, 0.5) is 4.39 Å². The summed E-state index contributed by atoms with van der Waals surface area (Å²) in [5, 5.41) is 4.60. The lowest BCUT2D eigenvalue weighted by Gasteiger charge is -2.21. The molecule has 0 radical (unpaired) electrons. The first kappa shape index (κ1) is 14.6. The molecule has 1 aromatic heterocycles. The molecule has 1 aliphatic rings. The van der Waals surface area contributed by atoms with Crippen molar-refractivity contribution in [2.75, 3.05) is 0 Å². The van der Waals surface area contributed by atoms with Crippen LogP contribution in [0.1, 0.15) is 43.8 Å². The van der Waals surface area contributed by atoms with Crippen LogP contribution >= 0.6 is 15.9 Å². The summed E-state index contributed by atoms with van der Waals surface area (Å²) in [6, 6.07) is 6.94. The first-order chi connectivity index (χ1) is 10.2. The summed E-state index contributed by atoms with van der Waals surface area (Å²) in [4.78, 5) is 0. The number of hydrogen-bond donors (Lipinski definition) is 0. The molecule has 0 bridgehead atoms. The van der Waals surface area contributed by atoms with Crippen LogP contribution in [-0.2, 0) is 6.61 Å². The molecule has 5 heteroatoms. The van der Waals surface area contributed by atoms with Crippen molar-refractivity contribution < 1.29 is 9.13 Å². The summed E-state index contributed by atoms with van der Waals surface area (Å²) in [5.74, 6) is 0.347. The van der Waals surface area contributed by atoms with E-state index < -0.39 is 0 Å². The zero-order chi connectivity index (χ0) is 14.7. The summed E-state index contributed by atoms with van der Waals surface area (Å²) in [7, 11) is 0. The van der Waals surface area contributed by atoms with Gasteiger partial charge in [-0.1, -0.05) is 19.3 Å². The third-order valence-corrected chi connectivity index (χ3v) is 4.50. The second-order valence-corrected chi connectivity index (χ2v) is 6.30. The summed E-state index contributed by atoms with van der Waals surface area (Å²) in [5.41, 5.74) is 0.900. The van der Waals surface area contributed by atoms with Gasteiger partial charge in [0.05, 0.1) is 16.2 Å². The first-order valence-corrected chi connectivity index (χ1v) is 8.13. The minimum atomic E-state index is -0.282. The molecule has 0 unspecified atom stereocenters. The molecule has 21 heavy (non-hydrogen) atoms. The molecule has 3 nitrogen and oxygen atoms in total. The van der Waals surface area contributed by atoms with Gasteiger partial charge in [-0.05, 0) is 53.0 Å². The molecule has 3 rings (SSSR count). The third-order valence-electron chi connectivity index (χ3n) is 3.88. The molecule has 0 spiro atoms. The van der Waals surface area contributed by atoms with E-state index in [1.165, 1.54) is 44.2 Å². The van der Waals surface area contributed by atoms with E-state index in [4.69, 9.17) is 4.74 Å². The van der Waals surface area contributed by atoms with Crippen LogP contribution < -0.4 is 4.74 Å². The highest BCUT2D eigenvalue weighted by Gasteiger charge is 2.16. The van der Waals surface area contributed by atoms with E-state index >= 15 is 0 Å². The van der Waals surface area contributed by atoms with Gasteiger partial charge in [-0.25, -0.2) is 4.39 Å². The predicted octanol–water partition coefficient (Wildman–Crippen LogP) is 4.87. The maximum absolute atomic E-state index is 13.0. The number of hydrogen-bond acceptors (Lipinski definition) is 2. The fraction of sp³-hybridized carbons (Fsp3) is 0.438. The Morgan fingerprint density at radius 3 is 2.81 bits per heavy atom. The van der Waals surface area contributed by atoms with Crippen LogP contribution in [0.25, 0.3) is 0 Å². The average molecular weight is 353 g/mol. The molecule has 1 fully saturated rings. The molecule has 1 aliphatic carbocycles. The first-order valence-electron chi connectivity index (χ1n) is 7.34. The molecular weight excluding hydrogens is 335 g/mol. The molecular formula is C16H18BrFN2O. The van der Waals surface area contributed by atoms with Crippen molar-refractivity contribution in [1.82, 2.24) is 9.78 Å². The van der Waals surface area contributed by atoms with Crippen molar-refractivity contribution in [3.05, 3.63) is 46.4 Å². The van der Waals surface area contributed by atoms with Gasteiger partial charge in [0.2, 0.25) is 0 Å². The molecule has 112 valence electrons. The minimum Gasteiger partial charge on any atom is -0.486 e. The van der Waals surface area contributed by atoms with Crippen molar-refractivity contribution in [2.45, 2.75) is 44.8 Å². The Labute approximate surface area is 132 Å². The zero-order valence-corrected chi connectivity index (χ0v) is 13.4. The number of benzene rings is 1. The molecule has 2 aromatic rings. The van der Waals surface area contributed by atoms with E-state index in [-0.39, 0.29) is 5.82 Å². The largest absolute Gasteiger partial charge is 0.486 e. The number of ether oxygens (including phenoxy) is 1. The lowest BCUT2D eigenvalue weighted by molar-refractivity contribution is 0.289. The van der Waals surface area contributed by atoms with Gasteiger partial charge in [0, 0.05) is 6.20 Å². The third kappa shape index (κ3) is 3.64. The van der Waals surface area contributed by atoms with Crippen LogP contribution in [0, 0.1) is 5.82 Å². The van der Waals surface area contributed by atoms with Crippen LogP contribution in [0.2, 0.25) is 0 Å². The fourth-order valence-electron chi connectivity index (χ4n) is 2.75. The van der Waals surface area contributed by atoms with Crippen molar-refractivity contribution in [3.63, 3.8) is 0 Å². The Morgan fingerprint density at radius 1 is 1.24 bits per heavy atom. The normalized spacial score (nSPS) is 16.1. The number of rotatable bonds is 4. The maximum atomic E-state index is 13.0. The zero-order valence-electron chi connectivity index (χ0n) is 11.8. The predicted molar refractivity (Wildman–Crippen MR) is 82.8 cm³/mol. The van der Waals surface area contributed by atoms with Gasteiger partial charge in [0.1, 0.15) is 18.2 Å². The molecule has 0 saturated heterocycles. The van der Waals surface area contributed by atoms with E-state index in [9.17, 15) is 4.39 Å². The van der Waals surface area contributed by atoms with E-state index in [1.807, 2.05) is 12.3 Å². The Balaban J connectivity index is 1.61. The Kier molecular flexibility index (Phi) is 4.58. The molecule has 1 saturated carbocycles. The Bertz CT molecular complexity index is 608. The summed E-state index contributed by atoms with van der Waals surface area (Å²) in [6.45, 7) is 0.393. The minimum absolute atomic E-state index is 0.282. The van der Waals surface area contributed by atoms with Crippen molar-refractivity contribution in [1.29, 1.82) is 0 Å². The summed E-state index contributed by atoms with van der Waals surface area (Å²) in [6.07, 6.45) is 8.38. The second kappa shape index (κ2) is 6.60. The van der Waals surface area contributed by atoms with Crippen molar-refractivity contribution in [3.8, 4) is 5.75 Å². The van der Waals surface area contributed by atoms with Crippen LogP contribution in [0.5, 0.6) is 5.75 Å². The van der Waals surface area contributed by atoms with Gasteiger partial charge in [0.15, 0.2) is 0 Å². The van der Waals surface area contributed by atoms with E-state index in [2.05, 4.69) is 25.7 Å². The van der Waals surface area contributed by atoms with Crippen molar-refractivity contribution in [2.24, 2.45) is 0 Å².